The molecule has 16 heavy (non-hydrogen) atoms. The van der Waals surface area contributed by atoms with Gasteiger partial charge in [0.1, 0.15) is 5.75 Å². The van der Waals surface area contributed by atoms with Crippen LogP contribution >= 0.6 is 0 Å². The van der Waals surface area contributed by atoms with E-state index in [1.807, 2.05) is 19.1 Å². The van der Waals surface area contributed by atoms with Crippen LogP contribution in [0, 0.1) is 6.92 Å². The third-order valence-corrected chi connectivity index (χ3v) is 2.83. The number of hydrogen-bond acceptors (Lipinski definition) is 1. The maximum absolute atomic E-state index is 9.81. The summed E-state index contributed by atoms with van der Waals surface area (Å²) in [5.74, 6) is 0.342. The highest BCUT2D eigenvalue weighted by molar-refractivity contribution is 5.70. The Morgan fingerprint density at radius 2 is 1.69 bits per heavy atom. The number of benzene rings is 2. The quantitative estimate of drug-likeness (QED) is 0.799. The minimum Gasteiger partial charge on any atom is -0.507 e. The molecule has 0 aliphatic heterocycles. The molecule has 0 saturated heterocycles. The predicted molar refractivity (Wildman–Crippen MR) is 67.7 cm³/mol. The lowest BCUT2D eigenvalue weighted by atomic mass is 10.0. The fraction of sp³-hybridized carbons (Fsp3) is 0.200. The Bertz CT molecular complexity index is 483. The second-order valence-electron chi connectivity index (χ2n) is 4.07. The van der Waals surface area contributed by atoms with Crippen molar-refractivity contribution in [3.63, 3.8) is 0 Å². The van der Waals surface area contributed by atoms with Gasteiger partial charge in [0.15, 0.2) is 0 Å². The molecule has 0 spiro atoms. The molecule has 0 aliphatic carbocycles. The van der Waals surface area contributed by atoms with Crippen LogP contribution in [-0.2, 0) is 6.42 Å². The maximum Gasteiger partial charge on any atom is 0.123 e. The van der Waals surface area contributed by atoms with Gasteiger partial charge in [0.2, 0.25) is 0 Å². The van der Waals surface area contributed by atoms with Gasteiger partial charge in [-0.1, -0.05) is 42.8 Å². The first kappa shape index (κ1) is 10.7. The van der Waals surface area contributed by atoms with Gasteiger partial charge in [-0.2, -0.15) is 0 Å². The van der Waals surface area contributed by atoms with Crippen molar-refractivity contribution >= 4 is 0 Å². The summed E-state index contributed by atoms with van der Waals surface area (Å²) in [6.45, 7) is 4.17. The normalized spacial score (nSPS) is 10.4. The molecule has 0 heterocycles. The smallest absolute Gasteiger partial charge is 0.123 e. The van der Waals surface area contributed by atoms with Crippen molar-refractivity contribution in [2.45, 2.75) is 20.3 Å². The van der Waals surface area contributed by atoms with E-state index in [0.717, 1.165) is 23.1 Å². The van der Waals surface area contributed by atoms with Crippen molar-refractivity contribution in [1.29, 1.82) is 0 Å². The summed E-state index contributed by atoms with van der Waals surface area (Å²) in [6.07, 6.45) is 1.04. The summed E-state index contributed by atoms with van der Waals surface area (Å²) in [6, 6.07) is 14.0. The van der Waals surface area contributed by atoms with Crippen LogP contribution in [0.5, 0.6) is 5.75 Å². The third-order valence-electron chi connectivity index (χ3n) is 2.83. The van der Waals surface area contributed by atoms with Crippen molar-refractivity contribution in [3.05, 3.63) is 53.6 Å². The van der Waals surface area contributed by atoms with E-state index in [9.17, 15) is 5.11 Å². The van der Waals surface area contributed by atoms with Crippen molar-refractivity contribution in [2.24, 2.45) is 0 Å². The molecular formula is C15H16O. The molecule has 0 atom stereocenters. The molecule has 0 radical (unpaired) electrons. The molecule has 0 saturated carbocycles. The van der Waals surface area contributed by atoms with Crippen LogP contribution in [-0.4, -0.2) is 5.11 Å². The van der Waals surface area contributed by atoms with Gasteiger partial charge in [-0.15, -0.1) is 0 Å². The van der Waals surface area contributed by atoms with Gasteiger partial charge in [0, 0.05) is 5.56 Å². The first-order valence-corrected chi connectivity index (χ1v) is 5.59. The largest absolute Gasteiger partial charge is 0.507 e. The van der Waals surface area contributed by atoms with E-state index in [0.29, 0.717) is 5.75 Å². The van der Waals surface area contributed by atoms with Gasteiger partial charge in [-0.05, 0) is 36.6 Å². The van der Waals surface area contributed by atoms with Gasteiger partial charge in [-0.3, -0.25) is 0 Å². The van der Waals surface area contributed by atoms with Crippen molar-refractivity contribution < 1.29 is 5.11 Å². The summed E-state index contributed by atoms with van der Waals surface area (Å²) in [7, 11) is 0. The fourth-order valence-corrected chi connectivity index (χ4v) is 1.80. The number of aromatic hydroxyl groups is 1. The molecular weight excluding hydrogens is 196 g/mol. The molecule has 1 nitrogen and oxygen atoms in total. The molecule has 2 rings (SSSR count). The topological polar surface area (TPSA) is 20.2 Å². The number of phenols is 1. The molecule has 0 amide bonds. The Balaban J connectivity index is 2.45. The number of hydrogen-bond donors (Lipinski definition) is 1. The zero-order valence-electron chi connectivity index (χ0n) is 9.70. The van der Waals surface area contributed by atoms with E-state index in [4.69, 9.17) is 0 Å². The van der Waals surface area contributed by atoms with Crippen LogP contribution in [0.1, 0.15) is 18.1 Å². The average molecular weight is 212 g/mol. The highest BCUT2D eigenvalue weighted by Gasteiger charge is 2.03. The third kappa shape index (κ3) is 2.08. The lowest BCUT2D eigenvalue weighted by molar-refractivity contribution is 0.477. The average Bonchev–Trinajstić information content (AvgIpc) is 2.32. The second kappa shape index (κ2) is 4.40. The molecule has 0 fully saturated rings. The van der Waals surface area contributed by atoms with E-state index in [2.05, 4.69) is 31.2 Å². The molecule has 0 aliphatic rings. The van der Waals surface area contributed by atoms with Crippen LogP contribution in [0.2, 0.25) is 0 Å². The van der Waals surface area contributed by atoms with Crippen LogP contribution in [0.15, 0.2) is 42.5 Å². The molecule has 82 valence electrons. The van der Waals surface area contributed by atoms with Gasteiger partial charge < -0.3 is 5.11 Å². The maximum atomic E-state index is 9.81. The summed E-state index contributed by atoms with van der Waals surface area (Å²) in [5.41, 5.74) is 4.45. The van der Waals surface area contributed by atoms with Gasteiger partial charge in [0.25, 0.3) is 0 Å². The SMILES string of the molecule is CCc1ccc(-c2cc(C)ccc2O)cc1. The summed E-state index contributed by atoms with van der Waals surface area (Å²) in [4.78, 5) is 0. The molecule has 1 heteroatoms. The van der Waals surface area contributed by atoms with Gasteiger partial charge in [0.05, 0.1) is 0 Å². The van der Waals surface area contributed by atoms with Crippen LogP contribution < -0.4 is 0 Å². The van der Waals surface area contributed by atoms with E-state index < -0.39 is 0 Å². The lowest BCUT2D eigenvalue weighted by Crippen LogP contribution is -1.83. The van der Waals surface area contributed by atoms with Crippen molar-refractivity contribution in [3.8, 4) is 16.9 Å². The van der Waals surface area contributed by atoms with Crippen molar-refractivity contribution in [2.75, 3.05) is 0 Å². The molecule has 1 N–H and O–H groups in total. The minimum atomic E-state index is 0.342. The zero-order chi connectivity index (χ0) is 11.5. The van der Waals surface area contributed by atoms with E-state index in [1.165, 1.54) is 5.56 Å². The Hall–Kier alpha value is -1.76. The van der Waals surface area contributed by atoms with E-state index in [1.54, 1.807) is 6.07 Å². The Morgan fingerprint density at radius 1 is 1.00 bits per heavy atom. The van der Waals surface area contributed by atoms with Gasteiger partial charge in [-0.25, -0.2) is 0 Å². The monoisotopic (exact) mass is 212 g/mol. The lowest BCUT2D eigenvalue weighted by Gasteiger charge is -2.06. The first-order valence-electron chi connectivity index (χ1n) is 5.59. The Kier molecular flexibility index (Phi) is 2.95. The Morgan fingerprint density at radius 3 is 2.31 bits per heavy atom. The summed E-state index contributed by atoms with van der Waals surface area (Å²) in [5, 5.41) is 9.81. The number of aryl methyl sites for hydroxylation is 2. The molecule has 2 aromatic rings. The highest BCUT2D eigenvalue weighted by Crippen LogP contribution is 2.29. The van der Waals surface area contributed by atoms with Crippen molar-refractivity contribution in [1.82, 2.24) is 0 Å². The number of phenolic OH excluding ortho intramolecular Hbond substituents is 1. The number of rotatable bonds is 2. The second-order valence-corrected chi connectivity index (χ2v) is 4.07. The zero-order valence-corrected chi connectivity index (χ0v) is 9.70. The Labute approximate surface area is 96.4 Å². The highest BCUT2D eigenvalue weighted by atomic mass is 16.3. The molecule has 0 bridgehead atoms. The van der Waals surface area contributed by atoms with Crippen LogP contribution in [0.4, 0.5) is 0 Å². The predicted octanol–water partition coefficient (Wildman–Crippen LogP) is 3.93. The first-order chi connectivity index (χ1) is 7.70. The van der Waals surface area contributed by atoms with E-state index >= 15 is 0 Å². The molecule has 2 aromatic carbocycles. The molecule has 0 aromatic heterocycles. The van der Waals surface area contributed by atoms with E-state index in [-0.39, 0.29) is 0 Å². The fourth-order valence-electron chi connectivity index (χ4n) is 1.80. The standard InChI is InChI=1S/C15H16O/c1-3-12-5-7-13(8-6-12)14-10-11(2)4-9-15(14)16/h4-10,16H,3H2,1-2H3. The summed E-state index contributed by atoms with van der Waals surface area (Å²) < 4.78 is 0. The van der Waals surface area contributed by atoms with Crippen LogP contribution in [0.3, 0.4) is 0 Å². The van der Waals surface area contributed by atoms with Crippen LogP contribution in [0.25, 0.3) is 11.1 Å². The summed E-state index contributed by atoms with van der Waals surface area (Å²) >= 11 is 0. The minimum absolute atomic E-state index is 0.342. The molecule has 0 unspecified atom stereocenters. The van der Waals surface area contributed by atoms with Gasteiger partial charge >= 0.3 is 0 Å².